The third-order valence-corrected chi connectivity index (χ3v) is 4.40. The summed E-state index contributed by atoms with van der Waals surface area (Å²) in [4.78, 5) is 0. The van der Waals surface area contributed by atoms with Crippen LogP contribution in [0.15, 0.2) is 0 Å². The Kier molecular flexibility index (Phi) is 5.03. The molecule has 2 aliphatic rings. The van der Waals surface area contributed by atoms with Crippen molar-refractivity contribution >= 4 is 0 Å². The van der Waals surface area contributed by atoms with Crippen molar-refractivity contribution in [3.05, 3.63) is 0 Å². The first-order valence-electron chi connectivity index (χ1n) is 7.01. The number of rotatable bonds is 2. The molecule has 2 aliphatic heterocycles. The van der Waals surface area contributed by atoms with E-state index in [1.54, 1.807) is 0 Å². The highest BCUT2D eigenvalue weighted by atomic mass is 16.7. The summed E-state index contributed by atoms with van der Waals surface area (Å²) in [7, 11) is 0. The summed E-state index contributed by atoms with van der Waals surface area (Å²) in [5.41, 5.74) is 0. The Morgan fingerprint density at radius 3 is 1.65 bits per heavy atom. The molecule has 11 nitrogen and oxygen atoms in total. The van der Waals surface area contributed by atoms with Crippen molar-refractivity contribution in [2.45, 2.75) is 67.3 Å². The zero-order valence-electron chi connectivity index (χ0n) is 12.2. The fraction of sp³-hybridized carbons (Fsp3) is 1.00. The Morgan fingerprint density at radius 1 is 0.739 bits per heavy atom. The van der Waals surface area contributed by atoms with Crippen LogP contribution in [-0.2, 0) is 9.47 Å². The average Bonchev–Trinajstić information content (AvgIpc) is 2.52. The van der Waals surface area contributed by atoms with Crippen LogP contribution in [0.4, 0.5) is 0 Å². The highest BCUT2D eigenvalue weighted by molar-refractivity contribution is 5.09. The van der Waals surface area contributed by atoms with E-state index in [1.165, 1.54) is 6.92 Å². The zero-order chi connectivity index (χ0) is 17.7. The summed E-state index contributed by atoms with van der Waals surface area (Å²) in [5.74, 6) is -6.38. The van der Waals surface area contributed by atoms with E-state index in [1.807, 2.05) is 0 Å². The fourth-order valence-electron chi connectivity index (χ4n) is 2.86. The van der Waals surface area contributed by atoms with Crippen molar-refractivity contribution in [3.63, 3.8) is 0 Å². The molecule has 1 unspecified atom stereocenters. The lowest BCUT2D eigenvalue weighted by Crippen LogP contribution is -2.80. The maximum atomic E-state index is 10.5. The van der Waals surface area contributed by atoms with Crippen LogP contribution in [0.3, 0.4) is 0 Å². The van der Waals surface area contributed by atoms with E-state index in [9.17, 15) is 40.9 Å². The summed E-state index contributed by atoms with van der Waals surface area (Å²) in [6.07, 6.45) is -15.1. The first kappa shape index (κ1) is 18.9. The van der Waals surface area contributed by atoms with E-state index in [-0.39, 0.29) is 0 Å². The Hall–Kier alpha value is -0.440. The molecular formula is C12H22O11. The Labute approximate surface area is 130 Å². The van der Waals surface area contributed by atoms with Crippen molar-refractivity contribution in [1.29, 1.82) is 0 Å². The van der Waals surface area contributed by atoms with E-state index in [0.29, 0.717) is 0 Å². The molecule has 0 amide bonds. The molecule has 0 saturated carbocycles. The minimum atomic E-state index is -3.21. The topological polar surface area (TPSA) is 201 Å². The van der Waals surface area contributed by atoms with E-state index in [0.717, 1.165) is 0 Å². The number of aliphatic hydroxyl groups is 9. The summed E-state index contributed by atoms with van der Waals surface area (Å²) in [5, 5.41) is 89.0. The van der Waals surface area contributed by atoms with Gasteiger partial charge in [0.25, 0.3) is 11.6 Å². The lowest BCUT2D eigenvalue weighted by Gasteiger charge is -2.56. The van der Waals surface area contributed by atoms with Crippen molar-refractivity contribution in [3.8, 4) is 0 Å². The second-order valence-electron chi connectivity index (χ2n) is 5.91. The largest absolute Gasteiger partial charge is 0.394 e. The van der Waals surface area contributed by atoms with E-state index < -0.39 is 67.0 Å². The van der Waals surface area contributed by atoms with Gasteiger partial charge in [0.15, 0.2) is 0 Å². The molecule has 0 bridgehead atoms. The van der Waals surface area contributed by atoms with Gasteiger partial charge in [-0.25, -0.2) is 0 Å². The first-order valence-corrected chi connectivity index (χ1v) is 7.01. The summed E-state index contributed by atoms with van der Waals surface area (Å²) in [6.45, 7) is 0.304. The predicted molar refractivity (Wildman–Crippen MR) is 68.4 cm³/mol. The van der Waals surface area contributed by atoms with Crippen LogP contribution in [0.1, 0.15) is 6.92 Å². The zero-order valence-corrected chi connectivity index (χ0v) is 12.2. The maximum Gasteiger partial charge on any atom is 0.254 e. The quantitative estimate of drug-likeness (QED) is 0.231. The minimum absolute atomic E-state index is 0.903. The summed E-state index contributed by atoms with van der Waals surface area (Å²) >= 11 is 0. The second-order valence-corrected chi connectivity index (χ2v) is 5.91. The first-order chi connectivity index (χ1) is 10.5. The minimum Gasteiger partial charge on any atom is -0.394 e. The standard InChI is InChI=1S/C12H22O11/c1-3-5(14)7(16)9(18)11(20,22-3)12(21)10(19)8(17)6(15)4(2-13)23-12/h3-10,13-21H,2H2,1H3/t3-,4-,5+,6-,7+,8+,9-,10-,11-,12?/m1/s1. The molecular weight excluding hydrogens is 320 g/mol. The molecule has 0 aliphatic carbocycles. The molecule has 0 spiro atoms. The molecule has 136 valence electrons. The van der Waals surface area contributed by atoms with Gasteiger partial charge in [0.05, 0.1) is 12.7 Å². The third-order valence-electron chi connectivity index (χ3n) is 4.40. The van der Waals surface area contributed by atoms with Gasteiger partial charge in [-0.15, -0.1) is 0 Å². The average molecular weight is 342 g/mol. The van der Waals surface area contributed by atoms with Gasteiger partial charge in [-0.05, 0) is 6.92 Å². The van der Waals surface area contributed by atoms with E-state index >= 15 is 0 Å². The van der Waals surface area contributed by atoms with Gasteiger partial charge in [-0.1, -0.05) is 0 Å². The normalized spacial score (nSPS) is 58.2. The van der Waals surface area contributed by atoms with Crippen molar-refractivity contribution in [2.24, 2.45) is 0 Å². The van der Waals surface area contributed by atoms with Crippen LogP contribution in [0.25, 0.3) is 0 Å². The van der Waals surface area contributed by atoms with Crippen molar-refractivity contribution in [2.75, 3.05) is 6.61 Å². The SMILES string of the molecule is C[C@H]1O[C@@](O)(C2(O)O[C@H](CO)[C@@H](O)[C@H](O)[C@H]2O)[C@H](O)[C@@H](O)[C@H]1O. The second kappa shape index (κ2) is 6.13. The molecule has 0 aromatic heterocycles. The fourth-order valence-corrected chi connectivity index (χ4v) is 2.86. The third kappa shape index (κ3) is 2.58. The Morgan fingerprint density at radius 2 is 1.17 bits per heavy atom. The number of ether oxygens (including phenoxy) is 2. The van der Waals surface area contributed by atoms with Crippen molar-refractivity contribution < 1.29 is 55.4 Å². The number of hydrogen-bond acceptors (Lipinski definition) is 11. The van der Waals surface area contributed by atoms with Gasteiger partial charge in [-0.2, -0.15) is 0 Å². The van der Waals surface area contributed by atoms with Gasteiger partial charge in [0.2, 0.25) is 0 Å². The lowest BCUT2D eigenvalue weighted by molar-refractivity contribution is -0.488. The van der Waals surface area contributed by atoms with Crippen LogP contribution in [0, 0.1) is 0 Å². The predicted octanol–water partition coefficient (Wildman–Crippen LogP) is -5.66. The molecule has 10 atom stereocenters. The van der Waals surface area contributed by atoms with Crippen LogP contribution >= 0.6 is 0 Å². The smallest absolute Gasteiger partial charge is 0.254 e. The van der Waals surface area contributed by atoms with Crippen LogP contribution < -0.4 is 0 Å². The molecule has 2 rings (SSSR count). The highest BCUT2D eigenvalue weighted by Gasteiger charge is 2.70. The molecule has 2 heterocycles. The van der Waals surface area contributed by atoms with E-state index in [4.69, 9.17) is 14.6 Å². The maximum absolute atomic E-state index is 10.5. The van der Waals surface area contributed by atoms with Gasteiger partial charge in [-0.3, -0.25) is 0 Å². The number of hydrogen-bond donors (Lipinski definition) is 9. The van der Waals surface area contributed by atoms with Gasteiger partial charge >= 0.3 is 0 Å². The van der Waals surface area contributed by atoms with Crippen LogP contribution in [0.2, 0.25) is 0 Å². The molecule has 0 aromatic carbocycles. The lowest BCUT2D eigenvalue weighted by atomic mass is 9.81. The molecule has 23 heavy (non-hydrogen) atoms. The monoisotopic (exact) mass is 342 g/mol. The molecule has 9 N–H and O–H groups in total. The van der Waals surface area contributed by atoms with Gasteiger partial charge < -0.3 is 55.4 Å². The summed E-state index contributed by atoms with van der Waals surface area (Å²) in [6, 6.07) is 0. The Balaban J connectivity index is 2.43. The molecule has 0 aromatic rings. The molecule has 2 fully saturated rings. The highest BCUT2D eigenvalue weighted by Crippen LogP contribution is 2.43. The van der Waals surface area contributed by atoms with Gasteiger partial charge in [0, 0.05) is 0 Å². The van der Waals surface area contributed by atoms with Crippen LogP contribution in [0.5, 0.6) is 0 Å². The Bertz CT molecular complexity index is 433. The van der Waals surface area contributed by atoms with Crippen LogP contribution in [-0.4, -0.2) is 113 Å². The molecule has 11 heteroatoms. The summed E-state index contributed by atoms with van der Waals surface area (Å²) < 4.78 is 9.82. The number of aliphatic hydroxyl groups excluding tert-OH is 7. The molecule has 0 radical (unpaired) electrons. The van der Waals surface area contributed by atoms with Gasteiger partial charge in [0.1, 0.15) is 42.7 Å². The molecule has 2 saturated heterocycles. The van der Waals surface area contributed by atoms with E-state index in [2.05, 4.69) is 0 Å². The van der Waals surface area contributed by atoms with Crippen molar-refractivity contribution in [1.82, 2.24) is 0 Å².